The van der Waals surface area contributed by atoms with Crippen molar-refractivity contribution in [1.29, 1.82) is 0 Å². The first-order chi connectivity index (χ1) is 10.2. The molecule has 0 fully saturated rings. The van der Waals surface area contributed by atoms with E-state index in [1.54, 1.807) is 6.08 Å². The number of carbonyl (C=O) groups excluding carboxylic acids is 1. The van der Waals surface area contributed by atoms with Crippen molar-refractivity contribution in [1.82, 2.24) is 0 Å². The van der Waals surface area contributed by atoms with Gasteiger partial charge < -0.3 is 9.73 Å². The zero-order valence-corrected chi connectivity index (χ0v) is 12.5. The van der Waals surface area contributed by atoms with E-state index in [1.165, 1.54) is 0 Å². The summed E-state index contributed by atoms with van der Waals surface area (Å²) in [6.07, 6.45) is 3.42. The van der Waals surface area contributed by atoms with Gasteiger partial charge in [-0.15, -0.1) is 11.6 Å². The van der Waals surface area contributed by atoms with Gasteiger partial charge in [0, 0.05) is 23.6 Å². The summed E-state index contributed by atoms with van der Waals surface area (Å²) in [4.78, 5) is 12.1. The summed E-state index contributed by atoms with van der Waals surface area (Å²) in [6.45, 7) is 2.03. The zero-order chi connectivity index (χ0) is 14.8. The largest absolute Gasteiger partial charge is 0.462 e. The Morgan fingerprint density at radius 1 is 1.29 bits per heavy atom. The van der Waals surface area contributed by atoms with Gasteiger partial charge >= 0.3 is 0 Å². The first kappa shape index (κ1) is 14.0. The fraction of sp³-hybridized carbons (Fsp3) is 0.235. The fourth-order valence-electron chi connectivity index (χ4n) is 2.45. The fourth-order valence-corrected chi connectivity index (χ4v) is 2.67. The minimum Gasteiger partial charge on any atom is -0.462 e. The molecule has 1 aromatic heterocycles. The third-order valence-corrected chi connectivity index (χ3v) is 3.76. The van der Waals surface area contributed by atoms with Crippen molar-refractivity contribution < 1.29 is 9.21 Å². The van der Waals surface area contributed by atoms with Crippen molar-refractivity contribution in [3.63, 3.8) is 0 Å². The highest BCUT2D eigenvalue weighted by Crippen LogP contribution is 2.34. The van der Waals surface area contributed by atoms with Crippen LogP contribution in [0.1, 0.15) is 29.6 Å². The first-order valence-corrected chi connectivity index (χ1v) is 7.55. The minimum absolute atomic E-state index is 0.0949. The van der Waals surface area contributed by atoms with Crippen LogP contribution in [0.25, 0.3) is 11.6 Å². The van der Waals surface area contributed by atoms with Crippen LogP contribution >= 0.6 is 11.6 Å². The van der Waals surface area contributed by atoms with Gasteiger partial charge in [0.2, 0.25) is 0 Å². The van der Waals surface area contributed by atoms with E-state index < -0.39 is 0 Å². The molecule has 3 nitrogen and oxygen atoms in total. The Labute approximate surface area is 128 Å². The first-order valence-electron chi connectivity index (χ1n) is 7.02. The van der Waals surface area contributed by atoms with Crippen LogP contribution in [0, 0.1) is 0 Å². The van der Waals surface area contributed by atoms with Crippen LogP contribution in [-0.2, 0) is 17.6 Å². The van der Waals surface area contributed by atoms with Gasteiger partial charge in [-0.1, -0.05) is 13.0 Å². The Hall–Kier alpha value is -2.00. The lowest BCUT2D eigenvalue weighted by molar-refractivity contribution is -0.110. The summed E-state index contributed by atoms with van der Waals surface area (Å²) in [5, 5.41) is 2.88. The van der Waals surface area contributed by atoms with Crippen molar-refractivity contribution in [3.8, 4) is 0 Å². The third-order valence-electron chi connectivity index (χ3n) is 3.57. The number of furan rings is 1. The number of fused-ring (bicyclic) bond motifs is 1. The van der Waals surface area contributed by atoms with Gasteiger partial charge in [0.05, 0.1) is 5.57 Å². The van der Waals surface area contributed by atoms with Crippen LogP contribution < -0.4 is 5.32 Å². The van der Waals surface area contributed by atoms with E-state index in [0.717, 1.165) is 35.4 Å². The summed E-state index contributed by atoms with van der Waals surface area (Å²) in [5.74, 6) is 2.09. The second kappa shape index (κ2) is 5.78. The molecule has 0 spiro atoms. The van der Waals surface area contributed by atoms with E-state index in [1.807, 2.05) is 37.3 Å². The molecule has 0 saturated heterocycles. The van der Waals surface area contributed by atoms with Crippen molar-refractivity contribution in [3.05, 3.63) is 53.0 Å². The van der Waals surface area contributed by atoms with Gasteiger partial charge in [-0.2, -0.15) is 0 Å². The number of alkyl halides is 1. The van der Waals surface area contributed by atoms with E-state index in [9.17, 15) is 4.79 Å². The van der Waals surface area contributed by atoms with Gasteiger partial charge in [-0.05, 0) is 42.3 Å². The summed E-state index contributed by atoms with van der Waals surface area (Å²) < 4.78 is 5.66. The van der Waals surface area contributed by atoms with E-state index in [2.05, 4.69) is 5.32 Å². The molecular weight excluding hydrogens is 286 g/mol. The molecule has 108 valence electrons. The van der Waals surface area contributed by atoms with Crippen LogP contribution in [0.15, 0.2) is 34.7 Å². The number of hydrogen-bond donors (Lipinski definition) is 1. The third kappa shape index (κ3) is 2.74. The van der Waals surface area contributed by atoms with Crippen LogP contribution in [0.4, 0.5) is 5.69 Å². The second-order valence-corrected chi connectivity index (χ2v) is 5.37. The number of aryl methyl sites for hydroxylation is 2. The van der Waals surface area contributed by atoms with Gasteiger partial charge in [0.15, 0.2) is 0 Å². The molecule has 0 unspecified atom stereocenters. The van der Waals surface area contributed by atoms with Gasteiger partial charge in [0.1, 0.15) is 11.5 Å². The molecule has 1 N–H and O–H groups in total. The standard InChI is InChI=1S/C17H16ClNO2/c1-2-12-4-5-13(21-12)10-15-14-9-11(7-8-18)3-6-16(14)19-17(15)20/h3-6,9-10H,2,7-8H2,1H3,(H,19,20). The monoisotopic (exact) mass is 301 g/mol. The van der Waals surface area contributed by atoms with Gasteiger partial charge in [0.25, 0.3) is 5.91 Å². The Morgan fingerprint density at radius 3 is 2.86 bits per heavy atom. The Bertz CT molecular complexity index is 715. The van der Waals surface area contributed by atoms with Crippen molar-refractivity contribution in [2.75, 3.05) is 11.2 Å². The molecule has 0 aliphatic carbocycles. The molecule has 1 amide bonds. The Morgan fingerprint density at radius 2 is 2.14 bits per heavy atom. The minimum atomic E-state index is -0.0949. The number of carbonyl (C=O) groups is 1. The predicted molar refractivity (Wildman–Crippen MR) is 85.5 cm³/mol. The maximum Gasteiger partial charge on any atom is 0.256 e. The van der Waals surface area contributed by atoms with Crippen molar-refractivity contribution in [2.45, 2.75) is 19.8 Å². The van der Waals surface area contributed by atoms with E-state index >= 15 is 0 Å². The van der Waals surface area contributed by atoms with Crippen LogP contribution in [-0.4, -0.2) is 11.8 Å². The smallest absolute Gasteiger partial charge is 0.256 e. The number of halogens is 1. The van der Waals surface area contributed by atoms with Crippen LogP contribution in [0.2, 0.25) is 0 Å². The molecule has 0 radical (unpaired) electrons. The molecular formula is C17H16ClNO2. The lowest BCUT2D eigenvalue weighted by Crippen LogP contribution is -2.03. The highest BCUT2D eigenvalue weighted by Gasteiger charge is 2.24. The Kier molecular flexibility index (Phi) is 3.84. The molecule has 0 atom stereocenters. The molecule has 1 aromatic carbocycles. The quantitative estimate of drug-likeness (QED) is 0.682. The SMILES string of the molecule is CCc1ccc(C=C2C(=O)Nc3ccc(CCCl)cc32)o1. The normalized spacial score (nSPS) is 15.3. The predicted octanol–water partition coefficient (Wildman–Crippen LogP) is 4.12. The number of nitrogens with one attached hydrogen (secondary N) is 1. The Balaban J connectivity index is 2.00. The van der Waals surface area contributed by atoms with E-state index in [0.29, 0.717) is 17.2 Å². The summed E-state index contributed by atoms with van der Waals surface area (Å²) >= 11 is 5.79. The number of benzene rings is 1. The summed E-state index contributed by atoms with van der Waals surface area (Å²) in [7, 11) is 0. The second-order valence-electron chi connectivity index (χ2n) is 4.99. The molecule has 1 aliphatic heterocycles. The molecule has 21 heavy (non-hydrogen) atoms. The molecule has 4 heteroatoms. The summed E-state index contributed by atoms with van der Waals surface area (Å²) in [6, 6.07) is 9.76. The molecule has 0 bridgehead atoms. The van der Waals surface area contributed by atoms with Crippen LogP contribution in [0.5, 0.6) is 0 Å². The topological polar surface area (TPSA) is 42.2 Å². The molecule has 2 heterocycles. The zero-order valence-electron chi connectivity index (χ0n) is 11.8. The highest BCUT2D eigenvalue weighted by molar-refractivity contribution is 6.34. The maximum atomic E-state index is 12.1. The van der Waals surface area contributed by atoms with Crippen molar-refractivity contribution >= 4 is 34.8 Å². The lowest BCUT2D eigenvalue weighted by atomic mass is 10.0. The molecule has 1 aliphatic rings. The molecule has 0 saturated carbocycles. The number of amides is 1. The molecule has 3 rings (SSSR count). The average Bonchev–Trinajstić information content (AvgIpc) is 3.05. The lowest BCUT2D eigenvalue weighted by Gasteiger charge is -2.02. The van der Waals surface area contributed by atoms with E-state index in [-0.39, 0.29) is 5.91 Å². The summed E-state index contributed by atoms with van der Waals surface area (Å²) in [5.41, 5.74) is 3.52. The average molecular weight is 302 g/mol. The maximum absolute atomic E-state index is 12.1. The number of hydrogen-bond acceptors (Lipinski definition) is 2. The number of anilines is 1. The van der Waals surface area contributed by atoms with Crippen LogP contribution in [0.3, 0.4) is 0 Å². The van der Waals surface area contributed by atoms with Gasteiger partial charge in [-0.3, -0.25) is 4.79 Å². The highest BCUT2D eigenvalue weighted by atomic mass is 35.5. The molecule has 2 aromatic rings. The van der Waals surface area contributed by atoms with Gasteiger partial charge in [-0.25, -0.2) is 0 Å². The number of rotatable bonds is 4. The van der Waals surface area contributed by atoms with Crippen molar-refractivity contribution in [2.24, 2.45) is 0 Å². The van der Waals surface area contributed by atoms with E-state index in [4.69, 9.17) is 16.0 Å².